The Hall–Kier alpha value is -0.530. The molecule has 0 aromatic carbocycles. The van der Waals surface area contributed by atoms with Gasteiger partial charge in [-0.1, -0.05) is 19.3 Å². The number of hydrogen-bond acceptors (Lipinski definition) is 1. The molecule has 0 aromatic heterocycles. The predicted octanol–water partition coefficient (Wildman–Crippen LogP) is 1.65. The van der Waals surface area contributed by atoms with Crippen LogP contribution in [0.4, 0.5) is 0 Å². The topological polar surface area (TPSA) is 43.1 Å². The Morgan fingerprint density at radius 1 is 1.27 bits per heavy atom. The van der Waals surface area contributed by atoms with E-state index in [0.717, 1.165) is 25.7 Å². The zero-order valence-electron chi connectivity index (χ0n) is 6.88. The average molecular weight is 154 g/mol. The van der Waals surface area contributed by atoms with Gasteiger partial charge in [0.25, 0.3) is 0 Å². The summed E-state index contributed by atoms with van der Waals surface area (Å²) in [6, 6.07) is 0. The van der Waals surface area contributed by atoms with Crippen LogP contribution in [-0.2, 0) is 4.79 Å². The summed E-state index contributed by atoms with van der Waals surface area (Å²) in [5, 5.41) is 0. The number of nitrogens with two attached hydrogens (primary N) is 1. The first-order valence-electron chi connectivity index (χ1n) is 4.41. The van der Waals surface area contributed by atoms with Crippen molar-refractivity contribution in [2.24, 2.45) is 11.7 Å². The largest absolute Gasteiger partial charge is 0.369 e. The Morgan fingerprint density at radius 2 is 2.09 bits per heavy atom. The molecule has 63 valence electrons. The van der Waals surface area contributed by atoms with Crippen LogP contribution in [0.1, 0.15) is 38.5 Å². The highest BCUT2D eigenvalue weighted by atomic mass is 16.1. The number of carbonyl (C=O) groups excluding carboxylic acids is 1. The van der Waals surface area contributed by atoms with Gasteiger partial charge < -0.3 is 5.73 Å². The van der Waals surface area contributed by atoms with E-state index in [-0.39, 0.29) is 11.8 Å². The van der Waals surface area contributed by atoms with Crippen LogP contribution in [0.3, 0.4) is 0 Å². The van der Waals surface area contributed by atoms with Gasteiger partial charge in [0.1, 0.15) is 0 Å². The molecule has 1 atom stereocenters. The number of primary amides is 1. The van der Waals surface area contributed by atoms with Crippen LogP contribution in [0.15, 0.2) is 0 Å². The molecule has 1 rings (SSSR count). The summed E-state index contributed by atoms with van der Waals surface area (Å²) < 4.78 is 0. The number of amides is 1. The normalized spacial score (nSPS) is 22.2. The summed E-state index contributed by atoms with van der Waals surface area (Å²) in [5.74, 6) is 0.0341. The molecular weight excluding hydrogens is 138 g/mol. The highest BCUT2D eigenvalue weighted by Crippen LogP contribution is 2.20. The molecule has 0 heterocycles. The molecule has 0 aliphatic heterocycles. The second-order valence-electron chi connectivity index (χ2n) is 3.25. The minimum absolute atomic E-state index is 0.111. The van der Waals surface area contributed by atoms with E-state index in [1.807, 2.05) is 0 Å². The average Bonchev–Trinajstić information content (AvgIpc) is 1.84. The van der Waals surface area contributed by atoms with Crippen LogP contribution >= 0.6 is 0 Å². The van der Waals surface area contributed by atoms with Crippen LogP contribution in [0.25, 0.3) is 0 Å². The molecule has 0 saturated heterocycles. The van der Waals surface area contributed by atoms with Gasteiger partial charge in [0.2, 0.25) is 5.91 Å². The number of carbonyl (C=O) groups is 1. The van der Waals surface area contributed by atoms with Crippen molar-refractivity contribution in [1.82, 2.24) is 0 Å². The summed E-state index contributed by atoms with van der Waals surface area (Å²) in [6.07, 6.45) is 8.90. The standard InChI is InChI=1S/C9H16NO/c10-9(11)8-6-4-2-1-3-5-7-8/h2,8H,1,3-7H2,(H2,10,11). The third-order valence-electron chi connectivity index (χ3n) is 2.33. The molecule has 1 radical (unpaired) electrons. The smallest absolute Gasteiger partial charge is 0.220 e. The maximum atomic E-state index is 10.8. The van der Waals surface area contributed by atoms with Gasteiger partial charge in [-0.05, 0) is 25.7 Å². The lowest BCUT2D eigenvalue weighted by molar-refractivity contribution is -0.122. The number of rotatable bonds is 1. The lowest BCUT2D eigenvalue weighted by Crippen LogP contribution is -2.23. The highest BCUT2D eigenvalue weighted by molar-refractivity contribution is 5.76. The molecule has 0 aromatic rings. The van der Waals surface area contributed by atoms with Gasteiger partial charge in [0.15, 0.2) is 0 Å². The van der Waals surface area contributed by atoms with Gasteiger partial charge in [0.05, 0.1) is 0 Å². The van der Waals surface area contributed by atoms with Crippen molar-refractivity contribution in [3.63, 3.8) is 0 Å². The molecule has 2 heteroatoms. The van der Waals surface area contributed by atoms with Crippen molar-refractivity contribution in [1.29, 1.82) is 0 Å². The molecule has 1 aliphatic carbocycles. The van der Waals surface area contributed by atoms with E-state index in [4.69, 9.17) is 5.73 Å². The second-order valence-corrected chi connectivity index (χ2v) is 3.25. The fourth-order valence-electron chi connectivity index (χ4n) is 1.57. The Balaban J connectivity index is 2.32. The van der Waals surface area contributed by atoms with Crippen molar-refractivity contribution in [2.75, 3.05) is 0 Å². The Morgan fingerprint density at radius 3 is 2.82 bits per heavy atom. The fourth-order valence-corrected chi connectivity index (χ4v) is 1.57. The summed E-state index contributed by atoms with van der Waals surface area (Å²) in [7, 11) is 0. The van der Waals surface area contributed by atoms with E-state index >= 15 is 0 Å². The monoisotopic (exact) mass is 154 g/mol. The molecule has 1 saturated carbocycles. The molecule has 2 nitrogen and oxygen atoms in total. The van der Waals surface area contributed by atoms with Crippen LogP contribution in [-0.4, -0.2) is 5.91 Å². The first-order chi connectivity index (χ1) is 5.30. The van der Waals surface area contributed by atoms with Crippen molar-refractivity contribution < 1.29 is 4.79 Å². The number of hydrogen-bond donors (Lipinski definition) is 1. The molecule has 0 bridgehead atoms. The van der Waals surface area contributed by atoms with Crippen molar-refractivity contribution in [3.8, 4) is 0 Å². The zero-order valence-corrected chi connectivity index (χ0v) is 6.88. The molecule has 0 spiro atoms. The summed E-state index contributed by atoms with van der Waals surface area (Å²) in [4.78, 5) is 10.8. The van der Waals surface area contributed by atoms with Gasteiger partial charge in [-0.3, -0.25) is 4.79 Å². The van der Waals surface area contributed by atoms with E-state index in [1.165, 1.54) is 12.8 Å². The zero-order chi connectivity index (χ0) is 8.10. The Kier molecular flexibility index (Phi) is 3.40. The maximum absolute atomic E-state index is 10.8. The summed E-state index contributed by atoms with van der Waals surface area (Å²) in [6.45, 7) is 0. The quantitative estimate of drug-likeness (QED) is 0.613. The molecule has 11 heavy (non-hydrogen) atoms. The first-order valence-corrected chi connectivity index (χ1v) is 4.41. The minimum Gasteiger partial charge on any atom is -0.369 e. The molecular formula is C9H16NO. The lowest BCUT2D eigenvalue weighted by atomic mass is 9.91. The van der Waals surface area contributed by atoms with Crippen LogP contribution in [0.2, 0.25) is 0 Å². The third-order valence-corrected chi connectivity index (χ3v) is 2.33. The highest BCUT2D eigenvalue weighted by Gasteiger charge is 2.15. The Bertz CT molecular complexity index is 126. The van der Waals surface area contributed by atoms with Gasteiger partial charge in [-0.15, -0.1) is 0 Å². The van der Waals surface area contributed by atoms with Gasteiger partial charge in [-0.2, -0.15) is 0 Å². The van der Waals surface area contributed by atoms with Gasteiger partial charge in [-0.25, -0.2) is 0 Å². The second kappa shape index (κ2) is 4.37. The summed E-state index contributed by atoms with van der Waals surface area (Å²) >= 11 is 0. The minimum atomic E-state index is -0.111. The fraction of sp³-hybridized carbons (Fsp3) is 0.778. The van der Waals surface area contributed by atoms with Crippen molar-refractivity contribution in [3.05, 3.63) is 6.42 Å². The maximum Gasteiger partial charge on any atom is 0.220 e. The van der Waals surface area contributed by atoms with Gasteiger partial charge in [0, 0.05) is 5.92 Å². The Labute approximate surface area is 68.2 Å². The predicted molar refractivity (Wildman–Crippen MR) is 44.7 cm³/mol. The third kappa shape index (κ3) is 2.91. The van der Waals surface area contributed by atoms with Crippen molar-refractivity contribution in [2.45, 2.75) is 38.5 Å². The molecule has 1 amide bonds. The van der Waals surface area contributed by atoms with E-state index in [1.54, 1.807) is 0 Å². The van der Waals surface area contributed by atoms with Crippen molar-refractivity contribution >= 4 is 5.91 Å². The lowest BCUT2D eigenvalue weighted by Gasteiger charge is -2.15. The van der Waals surface area contributed by atoms with E-state index in [2.05, 4.69) is 6.42 Å². The van der Waals surface area contributed by atoms with Crippen LogP contribution in [0, 0.1) is 12.3 Å². The first kappa shape index (κ1) is 8.57. The van der Waals surface area contributed by atoms with Crippen LogP contribution < -0.4 is 5.73 Å². The molecule has 2 N–H and O–H groups in total. The molecule has 1 aliphatic rings. The van der Waals surface area contributed by atoms with Gasteiger partial charge >= 0.3 is 0 Å². The van der Waals surface area contributed by atoms with E-state index in [0.29, 0.717) is 0 Å². The summed E-state index contributed by atoms with van der Waals surface area (Å²) in [5.41, 5.74) is 5.23. The van der Waals surface area contributed by atoms with E-state index < -0.39 is 0 Å². The molecule has 1 unspecified atom stereocenters. The van der Waals surface area contributed by atoms with Crippen LogP contribution in [0.5, 0.6) is 0 Å². The molecule has 1 fully saturated rings. The SMILES string of the molecule is NC(=O)C1CC[CH]CCCC1. The van der Waals surface area contributed by atoms with E-state index in [9.17, 15) is 4.79 Å².